The van der Waals surface area contributed by atoms with Gasteiger partial charge in [-0.2, -0.15) is 0 Å². The molecule has 1 N–H and O–H groups in total. The first-order valence-electron chi connectivity index (χ1n) is 8.14. The molecule has 1 atom stereocenters. The maximum Gasteiger partial charge on any atom is 0.264 e. The topological polar surface area (TPSA) is 62.7 Å². The first-order chi connectivity index (χ1) is 11.5. The van der Waals surface area contributed by atoms with Crippen LogP contribution in [0.1, 0.15) is 30.2 Å². The van der Waals surface area contributed by atoms with Crippen molar-refractivity contribution >= 4 is 11.6 Å². The molecule has 0 aliphatic carbocycles. The lowest BCUT2D eigenvalue weighted by molar-refractivity contribution is -0.136. The van der Waals surface area contributed by atoms with E-state index >= 15 is 0 Å². The largest absolute Gasteiger partial charge is 0.495 e. The Kier molecular flexibility index (Phi) is 4.28. The van der Waals surface area contributed by atoms with Crippen molar-refractivity contribution in [1.82, 2.24) is 4.98 Å². The van der Waals surface area contributed by atoms with Crippen LogP contribution in [0.4, 0.5) is 5.69 Å². The highest BCUT2D eigenvalue weighted by molar-refractivity contribution is 6.07. The molecule has 5 nitrogen and oxygen atoms in total. The number of amides is 1. The average molecular weight is 326 g/mol. The Morgan fingerprint density at radius 1 is 1.29 bits per heavy atom. The van der Waals surface area contributed by atoms with Crippen molar-refractivity contribution in [1.29, 1.82) is 0 Å². The zero-order valence-corrected chi connectivity index (χ0v) is 14.2. The lowest BCUT2D eigenvalue weighted by atomic mass is 9.89. The standard InChI is InChI=1S/C19H22N2O3/c1-4-9-21-17-8-5-13(2)10-16(17)19(23,18(21)22)11-14-6-7-15(24-3)12-20-14/h5-8,10,12,23H,4,9,11H2,1-3H3. The van der Waals surface area contributed by atoms with E-state index < -0.39 is 5.60 Å². The predicted octanol–water partition coefficient (Wildman–Crippen LogP) is 2.59. The Labute approximate surface area is 141 Å². The van der Waals surface area contributed by atoms with Crippen molar-refractivity contribution in [3.63, 3.8) is 0 Å². The fraction of sp³-hybridized carbons (Fsp3) is 0.368. The van der Waals surface area contributed by atoms with E-state index in [1.54, 1.807) is 30.3 Å². The summed E-state index contributed by atoms with van der Waals surface area (Å²) in [6.07, 6.45) is 2.57. The second kappa shape index (κ2) is 6.24. The molecule has 0 fully saturated rings. The summed E-state index contributed by atoms with van der Waals surface area (Å²) in [6, 6.07) is 9.34. The van der Waals surface area contributed by atoms with Gasteiger partial charge in [-0.05, 0) is 31.5 Å². The minimum absolute atomic E-state index is 0.145. The van der Waals surface area contributed by atoms with E-state index in [-0.39, 0.29) is 12.3 Å². The van der Waals surface area contributed by atoms with Gasteiger partial charge in [0.05, 0.1) is 19.0 Å². The summed E-state index contributed by atoms with van der Waals surface area (Å²) in [7, 11) is 1.58. The van der Waals surface area contributed by atoms with Crippen LogP contribution in [-0.4, -0.2) is 29.7 Å². The molecule has 1 aliphatic rings. The molecule has 126 valence electrons. The lowest BCUT2D eigenvalue weighted by Gasteiger charge is -2.23. The van der Waals surface area contributed by atoms with Crippen LogP contribution in [0.3, 0.4) is 0 Å². The summed E-state index contributed by atoms with van der Waals surface area (Å²) >= 11 is 0. The van der Waals surface area contributed by atoms with E-state index in [1.807, 2.05) is 32.0 Å². The molecule has 0 bridgehead atoms. The zero-order valence-electron chi connectivity index (χ0n) is 14.2. The van der Waals surface area contributed by atoms with E-state index in [2.05, 4.69) is 4.98 Å². The lowest BCUT2D eigenvalue weighted by Crippen LogP contribution is -2.42. The van der Waals surface area contributed by atoms with Gasteiger partial charge in [-0.1, -0.05) is 24.6 Å². The third-order valence-electron chi connectivity index (χ3n) is 4.40. The van der Waals surface area contributed by atoms with E-state index in [0.29, 0.717) is 23.6 Å². The third kappa shape index (κ3) is 2.65. The van der Waals surface area contributed by atoms with E-state index in [1.165, 1.54) is 0 Å². The van der Waals surface area contributed by atoms with Gasteiger partial charge in [0.2, 0.25) is 0 Å². The second-order valence-corrected chi connectivity index (χ2v) is 6.20. The van der Waals surface area contributed by atoms with Crippen LogP contribution >= 0.6 is 0 Å². The Morgan fingerprint density at radius 3 is 2.71 bits per heavy atom. The third-order valence-corrected chi connectivity index (χ3v) is 4.40. The van der Waals surface area contributed by atoms with Crippen molar-refractivity contribution in [3.05, 3.63) is 53.3 Å². The number of carbonyl (C=O) groups excluding carboxylic acids is 1. The van der Waals surface area contributed by atoms with Crippen molar-refractivity contribution in [2.75, 3.05) is 18.6 Å². The minimum atomic E-state index is -1.57. The number of carbonyl (C=O) groups is 1. The van der Waals surface area contributed by atoms with Gasteiger partial charge >= 0.3 is 0 Å². The fourth-order valence-corrected chi connectivity index (χ4v) is 3.18. The van der Waals surface area contributed by atoms with Crippen molar-refractivity contribution in [2.24, 2.45) is 0 Å². The Morgan fingerprint density at radius 2 is 2.08 bits per heavy atom. The number of ether oxygens (including phenoxy) is 1. The summed E-state index contributed by atoms with van der Waals surface area (Å²) in [5, 5.41) is 11.3. The monoisotopic (exact) mass is 326 g/mol. The minimum Gasteiger partial charge on any atom is -0.495 e. The molecular weight excluding hydrogens is 304 g/mol. The molecule has 0 spiro atoms. The summed E-state index contributed by atoms with van der Waals surface area (Å²) in [5.41, 5.74) is 1.55. The molecule has 24 heavy (non-hydrogen) atoms. The van der Waals surface area contributed by atoms with Crippen LogP contribution in [0.15, 0.2) is 36.5 Å². The van der Waals surface area contributed by atoms with Gasteiger partial charge in [-0.15, -0.1) is 0 Å². The number of benzene rings is 1. The highest BCUT2D eigenvalue weighted by atomic mass is 16.5. The molecule has 0 saturated carbocycles. The first kappa shape index (κ1) is 16.5. The molecule has 2 heterocycles. The molecule has 1 aromatic heterocycles. The van der Waals surface area contributed by atoms with Crippen molar-refractivity contribution in [3.8, 4) is 5.75 Å². The van der Waals surface area contributed by atoms with E-state index in [0.717, 1.165) is 17.7 Å². The molecule has 3 rings (SSSR count). The van der Waals surface area contributed by atoms with Crippen LogP contribution in [0.2, 0.25) is 0 Å². The number of hydrogen-bond donors (Lipinski definition) is 1. The van der Waals surface area contributed by atoms with Gasteiger partial charge in [0, 0.05) is 24.2 Å². The SMILES string of the molecule is CCCN1C(=O)C(O)(Cc2ccc(OC)cn2)c2cc(C)ccc21. The van der Waals surface area contributed by atoms with E-state index in [4.69, 9.17) is 4.74 Å². The number of aromatic nitrogens is 1. The number of hydrogen-bond acceptors (Lipinski definition) is 4. The number of aliphatic hydroxyl groups is 1. The van der Waals surface area contributed by atoms with E-state index in [9.17, 15) is 9.90 Å². The van der Waals surface area contributed by atoms with Crippen LogP contribution in [-0.2, 0) is 16.8 Å². The molecule has 2 aromatic rings. The summed E-state index contributed by atoms with van der Waals surface area (Å²) in [6.45, 7) is 4.57. The van der Waals surface area contributed by atoms with Crippen LogP contribution in [0.25, 0.3) is 0 Å². The molecular formula is C19H22N2O3. The highest BCUT2D eigenvalue weighted by Crippen LogP contribution is 2.42. The summed E-state index contributed by atoms with van der Waals surface area (Å²) in [4.78, 5) is 18.9. The summed E-state index contributed by atoms with van der Waals surface area (Å²) < 4.78 is 5.11. The highest BCUT2D eigenvalue weighted by Gasteiger charge is 2.49. The molecule has 0 saturated heterocycles. The molecule has 1 aromatic carbocycles. The van der Waals surface area contributed by atoms with Gasteiger partial charge in [-0.3, -0.25) is 9.78 Å². The molecule has 1 unspecified atom stereocenters. The first-order valence-corrected chi connectivity index (χ1v) is 8.14. The molecule has 5 heteroatoms. The van der Waals surface area contributed by atoms with Crippen LogP contribution < -0.4 is 9.64 Å². The van der Waals surface area contributed by atoms with Gasteiger partial charge in [0.15, 0.2) is 5.60 Å². The number of fused-ring (bicyclic) bond motifs is 1. The molecule has 1 aliphatic heterocycles. The maximum atomic E-state index is 12.9. The zero-order chi connectivity index (χ0) is 17.3. The summed E-state index contributed by atoms with van der Waals surface area (Å²) in [5.74, 6) is 0.370. The Bertz CT molecular complexity index is 758. The van der Waals surface area contributed by atoms with Crippen molar-refractivity contribution < 1.29 is 14.6 Å². The fourth-order valence-electron chi connectivity index (χ4n) is 3.18. The van der Waals surface area contributed by atoms with Crippen LogP contribution in [0, 0.1) is 6.92 Å². The van der Waals surface area contributed by atoms with Gasteiger partial charge in [0.1, 0.15) is 5.75 Å². The number of nitrogens with zero attached hydrogens (tertiary/aromatic N) is 2. The number of anilines is 1. The second-order valence-electron chi connectivity index (χ2n) is 6.20. The Balaban J connectivity index is 2.01. The van der Waals surface area contributed by atoms with Gasteiger partial charge < -0.3 is 14.7 Å². The molecule has 0 radical (unpaired) electrons. The average Bonchev–Trinajstić information content (AvgIpc) is 2.78. The number of pyridine rings is 1. The predicted molar refractivity (Wildman–Crippen MR) is 92.2 cm³/mol. The molecule has 1 amide bonds. The normalized spacial score (nSPS) is 19.5. The van der Waals surface area contributed by atoms with Gasteiger partial charge in [-0.25, -0.2) is 0 Å². The number of methoxy groups -OCH3 is 1. The Hall–Kier alpha value is -2.40. The smallest absolute Gasteiger partial charge is 0.264 e. The number of aryl methyl sites for hydroxylation is 1. The maximum absolute atomic E-state index is 12.9. The quantitative estimate of drug-likeness (QED) is 0.917. The van der Waals surface area contributed by atoms with Crippen LogP contribution in [0.5, 0.6) is 5.75 Å². The van der Waals surface area contributed by atoms with Crippen molar-refractivity contribution in [2.45, 2.75) is 32.3 Å². The van der Waals surface area contributed by atoms with Gasteiger partial charge in [0.25, 0.3) is 5.91 Å². The number of rotatable bonds is 5.